The van der Waals surface area contributed by atoms with Crippen LogP contribution in [0.5, 0.6) is 0 Å². The Kier molecular flexibility index (Phi) is 4.61. The number of benzene rings is 3. The third-order valence-electron chi connectivity index (χ3n) is 4.15. The highest BCUT2D eigenvalue weighted by molar-refractivity contribution is 6.28. The summed E-state index contributed by atoms with van der Waals surface area (Å²) in [6.07, 6.45) is 0. The quantitative estimate of drug-likeness (QED) is 0.486. The summed E-state index contributed by atoms with van der Waals surface area (Å²) in [5.74, 6) is 0.853. The van der Waals surface area contributed by atoms with Crippen LogP contribution in [0.25, 0.3) is 33.9 Å². The molecule has 0 fully saturated rings. The highest BCUT2D eigenvalue weighted by Crippen LogP contribution is 2.26. The molecule has 0 saturated carbocycles. The molecule has 0 saturated heterocycles. The van der Waals surface area contributed by atoms with Gasteiger partial charge >= 0.3 is 0 Å². The normalized spacial score (nSPS) is 10.4. The molecule has 0 N–H and O–H groups in total. The smallest absolute Gasteiger partial charge is 0.208 e. The molecule has 0 atom stereocenters. The summed E-state index contributed by atoms with van der Waals surface area (Å²) in [7, 11) is 0. The standard InChI is InChI=1S/C22H13ClN4/c23-22-26-20(25-21(27-22)19-9-5-4-8-18(19)14-24)17-12-10-16(11-13-17)15-6-2-1-3-7-15/h1-13H. The Hall–Kier alpha value is -3.55. The molecule has 0 unspecified atom stereocenters. The van der Waals surface area contributed by atoms with E-state index in [0.29, 0.717) is 22.8 Å². The van der Waals surface area contributed by atoms with Crippen molar-refractivity contribution in [3.63, 3.8) is 0 Å². The first-order valence-electron chi connectivity index (χ1n) is 8.31. The molecule has 4 nitrogen and oxygen atoms in total. The fraction of sp³-hybridized carbons (Fsp3) is 0. The summed E-state index contributed by atoms with van der Waals surface area (Å²) >= 11 is 6.13. The van der Waals surface area contributed by atoms with Crippen molar-refractivity contribution in [1.29, 1.82) is 5.26 Å². The van der Waals surface area contributed by atoms with E-state index < -0.39 is 0 Å². The van der Waals surface area contributed by atoms with Crippen molar-refractivity contribution in [2.45, 2.75) is 0 Å². The third kappa shape index (κ3) is 3.55. The van der Waals surface area contributed by atoms with Gasteiger partial charge in [-0.1, -0.05) is 66.7 Å². The van der Waals surface area contributed by atoms with Crippen molar-refractivity contribution in [2.24, 2.45) is 0 Å². The Balaban J connectivity index is 1.75. The van der Waals surface area contributed by atoms with Crippen molar-refractivity contribution < 1.29 is 0 Å². The van der Waals surface area contributed by atoms with Gasteiger partial charge in [-0.25, -0.2) is 4.98 Å². The molecule has 0 radical (unpaired) electrons. The van der Waals surface area contributed by atoms with Crippen molar-refractivity contribution in [3.8, 4) is 40.0 Å². The molecule has 4 aromatic rings. The minimum Gasteiger partial charge on any atom is -0.208 e. The maximum Gasteiger partial charge on any atom is 0.226 e. The van der Waals surface area contributed by atoms with Crippen LogP contribution in [0.4, 0.5) is 0 Å². The topological polar surface area (TPSA) is 62.5 Å². The van der Waals surface area contributed by atoms with Gasteiger partial charge in [0.2, 0.25) is 5.28 Å². The Labute approximate surface area is 161 Å². The highest BCUT2D eigenvalue weighted by atomic mass is 35.5. The highest BCUT2D eigenvalue weighted by Gasteiger charge is 2.12. The van der Waals surface area contributed by atoms with Crippen LogP contribution in [-0.4, -0.2) is 15.0 Å². The molecule has 27 heavy (non-hydrogen) atoms. The van der Waals surface area contributed by atoms with Crippen LogP contribution in [0.1, 0.15) is 5.56 Å². The zero-order valence-corrected chi connectivity index (χ0v) is 14.9. The van der Waals surface area contributed by atoms with Crippen LogP contribution in [0.15, 0.2) is 78.9 Å². The predicted molar refractivity (Wildman–Crippen MR) is 106 cm³/mol. The molecular formula is C22H13ClN4. The molecule has 0 aliphatic heterocycles. The van der Waals surface area contributed by atoms with Crippen LogP contribution < -0.4 is 0 Å². The summed E-state index contributed by atoms with van der Waals surface area (Å²) in [5, 5.41) is 9.41. The second-order valence-corrected chi connectivity index (χ2v) is 6.19. The lowest BCUT2D eigenvalue weighted by atomic mass is 10.0. The Morgan fingerprint density at radius 3 is 1.96 bits per heavy atom. The minimum absolute atomic E-state index is 0.0925. The Morgan fingerprint density at radius 1 is 0.630 bits per heavy atom. The van der Waals surface area contributed by atoms with Gasteiger partial charge in [-0.3, -0.25) is 0 Å². The van der Waals surface area contributed by atoms with Crippen LogP contribution in [0.2, 0.25) is 5.28 Å². The van der Waals surface area contributed by atoms with E-state index in [1.165, 1.54) is 0 Å². The number of nitriles is 1. The summed E-state index contributed by atoms with van der Waals surface area (Å²) < 4.78 is 0. The van der Waals surface area contributed by atoms with E-state index in [2.05, 4.69) is 33.2 Å². The predicted octanol–water partition coefficient (Wildman–Crippen LogP) is 5.40. The van der Waals surface area contributed by atoms with Crippen LogP contribution >= 0.6 is 11.6 Å². The van der Waals surface area contributed by atoms with Gasteiger partial charge in [0.15, 0.2) is 11.6 Å². The van der Waals surface area contributed by atoms with E-state index in [1.54, 1.807) is 18.2 Å². The van der Waals surface area contributed by atoms with E-state index in [-0.39, 0.29) is 5.28 Å². The van der Waals surface area contributed by atoms with Crippen molar-refractivity contribution in [3.05, 3.63) is 89.7 Å². The van der Waals surface area contributed by atoms with E-state index >= 15 is 0 Å². The molecule has 5 heteroatoms. The molecule has 0 spiro atoms. The van der Waals surface area contributed by atoms with Crippen LogP contribution in [0.3, 0.4) is 0 Å². The molecule has 4 rings (SSSR count). The largest absolute Gasteiger partial charge is 0.226 e. The lowest BCUT2D eigenvalue weighted by Crippen LogP contribution is -1.98. The molecule has 1 aromatic heterocycles. The SMILES string of the molecule is N#Cc1ccccc1-c1nc(Cl)nc(-c2ccc(-c3ccccc3)cc2)n1. The number of rotatable bonds is 3. The summed E-state index contributed by atoms with van der Waals surface area (Å²) in [6, 6.07) is 27.4. The first kappa shape index (κ1) is 16.9. The molecule has 0 aliphatic rings. The zero-order chi connectivity index (χ0) is 18.6. The molecule has 0 aliphatic carbocycles. The van der Waals surface area contributed by atoms with E-state index in [1.807, 2.05) is 48.5 Å². The number of aromatic nitrogens is 3. The second-order valence-electron chi connectivity index (χ2n) is 5.85. The second kappa shape index (κ2) is 7.36. The summed E-state index contributed by atoms with van der Waals surface area (Å²) in [6.45, 7) is 0. The van der Waals surface area contributed by atoms with Gasteiger partial charge in [0.1, 0.15) is 0 Å². The van der Waals surface area contributed by atoms with Gasteiger partial charge < -0.3 is 0 Å². The fourth-order valence-electron chi connectivity index (χ4n) is 2.82. The molecule has 0 amide bonds. The summed E-state index contributed by atoms with van der Waals surface area (Å²) in [4.78, 5) is 13.0. The molecule has 3 aromatic carbocycles. The average Bonchev–Trinajstić information content (AvgIpc) is 2.74. The van der Waals surface area contributed by atoms with Gasteiger partial charge in [0, 0.05) is 11.1 Å². The van der Waals surface area contributed by atoms with Gasteiger partial charge in [-0.15, -0.1) is 0 Å². The van der Waals surface area contributed by atoms with Gasteiger partial charge in [0.05, 0.1) is 11.6 Å². The first-order valence-corrected chi connectivity index (χ1v) is 8.69. The number of halogens is 1. The summed E-state index contributed by atoms with van der Waals surface area (Å²) in [5.41, 5.74) is 4.20. The Bertz CT molecular complexity index is 1130. The maximum absolute atomic E-state index is 9.32. The molecule has 128 valence electrons. The van der Waals surface area contributed by atoms with Crippen molar-refractivity contribution in [1.82, 2.24) is 15.0 Å². The average molecular weight is 369 g/mol. The zero-order valence-electron chi connectivity index (χ0n) is 14.2. The number of hydrogen-bond donors (Lipinski definition) is 0. The van der Waals surface area contributed by atoms with Gasteiger partial charge in [-0.05, 0) is 34.9 Å². The Morgan fingerprint density at radius 2 is 1.22 bits per heavy atom. The lowest BCUT2D eigenvalue weighted by molar-refractivity contribution is 1.06. The minimum atomic E-state index is 0.0925. The number of nitrogens with zero attached hydrogens (tertiary/aromatic N) is 4. The molecule has 0 bridgehead atoms. The van der Waals surface area contributed by atoms with Crippen LogP contribution in [-0.2, 0) is 0 Å². The van der Waals surface area contributed by atoms with Crippen LogP contribution in [0, 0.1) is 11.3 Å². The molecular weight excluding hydrogens is 356 g/mol. The lowest BCUT2D eigenvalue weighted by Gasteiger charge is -2.07. The maximum atomic E-state index is 9.32. The fourth-order valence-corrected chi connectivity index (χ4v) is 2.98. The third-order valence-corrected chi connectivity index (χ3v) is 4.32. The van der Waals surface area contributed by atoms with E-state index in [4.69, 9.17) is 11.6 Å². The van der Waals surface area contributed by atoms with Gasteiger partial charge in [0.25, 0.3) is 0 Å². The van der Waals surface area contributed by atoms with E-state index in [9.17, 15) is 5.26 Å². The number of hydrogen-bond acceptors (Lipinski definition) is 4. The van der Waals surface area contributed by atoms with Crippen molar-refractivity contribution >= 4 is 11.6 Å². The first-order chi connectivity index (χ1) is 13.2. The molecule has 1 heterocycles. The monoisotopic (exact) mass is 368 g/mol. The van der Waals surface area contributed by atoms with E-state index in [0.717, 1.165) is 16.7 Å². The van der Waals surface area contributed by atoms with Crippen molar-refractivity contribution in [2.75, 3.05) is 0 Å². The van der Waals surface area contributed by atoms with Gasteiger partial charge in [-0.2, -0.15) is 15.2 Å².